The highest BCUT2D eigenvalue weighted by molar-refractivity contribution is 6.39. The van der Waals surface area contributed by atoms with E-state index in [1.165, 1.54) is 12.1 Å². The first-order valence-corrected chi connectivity index (χ1v) is 7.47. The lowest BCUT2D eigenvalue weighted by Crippen LogP contribution is -2.37. The summed E-state index contributed by atoms with van der Waals surface area (Å²) in [5, 5.41) is 14.7. The summed E-state index contributed by atoms with van der Waals surface area (Å²) in [7, 11) is 0. The van der Waals surface area contributed by atoms with Crippen LogP contribution in [0, 0.1) is 19.7 Å². The lowest BCUT2D eigenvalue weighted by Gasteiger charge is -2.14. The van der Waals surface area contributed by atoms with Crippen LogP contribution in [0.1, 0.15) is 22.8 Å². The molecule has 0 saturated carbocycles. The second-order valence-electron chi connectivity index (χ2n) is 5.52. The standard InChI is InChI=1S/C18H19FN2O3/c1-11-7-8-14(19)15(9-11)21-18(24)17(23)20-10-16(22)13-6-4-3-5-12(13)2/h3-9,16,22H,10H2,1-2H3,(H,20,23)(H,21,24). The Morgan fingerprint density at radius 1 is 1.12 bits per heavy atom. The molecule has 0 aliphatic rings. The van der Waals surface area contributed by atoms with Crippen molar-refractivity contribution in [3.8, 4) is 0 Å². The minimum absolute atomic E-state index is 0.0606. The summed E-state index contributed by atoms with van der Waals surface area (Å²) in [5.74, 6) is -2.55. The molecule has 0 aromatic heterocycles. The van der Waals surface area contributed by atoms with E-state index in [0.29, 0.717) is 5.56 Å². The number of aryl methyl sites for hydroxylation is 2. The van der Waals surface area contributed by atoms with Gasteiger partial charge in [-0.3, -0.25) is 9.59 Å². The monoisotopic (exact) mass is 330 g/mol. The molecule has 0 aliphatic carbocycles. The number of hydrogen-bond acceptors (Lipinski definition) is 3. The maximum atomic E-state index is 13.6. The molecule has 2 aromatic rings. The number of carbonyl (C=O) groups is 2. The van der Waals surface area contributed by atoms with Gasteiger partial charge in [0.15, 0.2) is 0 Å². The van der Waals surface area contributed by atoms with Crippen LogP contribution < -0.4 is 10.6 Å². The van der Waals surface area contributed by atoms with Crippen molar-refractivity contribution in [2.24, 2.45) is 0 Å². The average molecular weight is 330 g/mol. The molecule has 0 spiro atoms. The first-order chi connectivity index (χ1) is 11.4. The van der Waals surface area contributed by atoms with Gasteiger partial charge in [-0.15, -0.1) is 0 Å². The van der Waals surface area contributed by atoms with Crippen molar-refractivity contribution in [1.29, 1.82) is 0 Å². The summed E-state index contributed by atoms with van der Waals surface area (Å²) in [4.78, 5) is 23.6. The minimum Gasteiger partial charge on any atom is -0.387 e. The molecular weight excluding hydrogens is 311 g/mol. The van der Waals surface area contributed by atoms with Crippen molar-refractivity contribution in [2.75, 3.05) is 11.9 Å². The van der Waals surface area contributed by atoms with Gasteiger partial charge in [0.2, 0.25) is 0 Å². The second-order valence-corrected chi connectivity index (χ2v) is 5.52. The summed E-state index contributed by atoms with van der Waals surface area (Å²) in [6, 6.07) is 11.4. The van der Waals surface area contributed by atoms with Crippen molar-refractivity contribution < 1.29 is 19.1 Å². The zero-order valence-electron chi connectivity index (χ0n) is 13.5. The third-order valence-electron chi connectivity index (χ3n) is 3.58. The molecule has 0 fully saturated rings. The summed E-state index contributed by atoms with van der Waals surface area (Å²) < 4.78 is 13.6. The molecule has 6 heteroatoms. The molecule has 0 bridgehead atoms. The minimum atomic E-state index is -0.989. The zero-order valence-corrected chi connectivity index (χ0v) is 13.5. The number of aliphatic hydroxyl groups excluding tert-OH is 1. The van der Waals surface area contributed by atoms with E-state index in [0.717, 1.165) is 11.1 Å². The SMILES string of the molecule is Cc1ccc(F)c(NC(=O)C(=O)NCC(O)c2ccccc2C)c1. The van der Waals surface area contributed by atoms with Gasteiger partial charge in [-0.1, -0.05) is 30.3 Å². The number of hydrogen-bond donors (Lipinski definition) is 3. The van der Waals surface area contributed by atoms with E-state index in [9.17, 15) is 19.1 Å². The highest BCUT2D eigenvalue weighted by atomic mass is 19.1. The summed E-state index contributed by atoms with van der Waals surface area (Å²) in [6.45, 7) is 3.47. The molecule has 1 atom stereocenters. The van der Waals surface area contributed by atoms with E-state index in [1.807, 2.05) is 19.1 Å². The number of halogens is 1. The molecule has 24 heavy (non-hydrogen) atoms. The van der Waals surface area contributed by atoms with Gasteiger partial charge in [0, 0.05) is 6.54 Å². The summed E-state index contributed by atoms with van der Waals surface area (Å²) >= 11 is 0. The fraction of sp³-hybridized carbons (Fsp3) is 0.222. The van der Waals surface area contributed by atoms with Gasteiger partial charge >= 0.3 is 11.8 Å². The Bertz CT molecular complexity index is 762. The summed E-state index contributed by atoms with van der Waals surface area (Å²) in [5.41, 5.74) is 2.24. The van der Waals surface area contributed by atoms with Crippen LogP contribution >= 0.6 is 0 Å². The maximum absolute atomic E-state index is 13.6. The Balaban J connectivity index is 1.93. The molecule has 0 radical (unpaired) electrons. The molecule has 126 valence electrons. The van der Waals surface area contributed by atoms with E-state index in [2.05, 4.69) is 10.6 Å². The highest BCUT2D eigenvalue weighted by Crippen LogP contribution is 2.17. The third kappa shape index (κ3) is 4.39. The van der Waals surface area contributed by atoms with Gasteiger partial charge in [-0.05, 0) is 42.7 Å². The van der Waals surface area contributed by atoms with Crippen LogP contribution in [-0.2, 0) is 9.59 Å². The lowest BCUT2D eigenvalue weighted by molar-refractivity contribution is -0.136. The second kappa shape index (κ2) is 7.70. The molecule has 0 aliphatic heterocycles. The predicted molar refractivity (Wildman–Crippen MR) is 88.9 cm³/mol. The third-order valence-corrected chi connectivity index (χ3v) is 3.58. The van der Waals surface area contributed by atoms with Crippen LogP contribution in [-0.4, -0.2) is 23.5 Å². The van der Waals surface area contributed by atoms with Gasteiger partial charge < -0.3 is 15.7 Å². The highest BCUT2D eigenvalue weighted by Gasteiger charge is 2.18. The van der Waals surface area contributed by atoms with Crippen LogP contribution in [0.15, 0.2) is 42.5 Å². The predicted octanol–water partition coefficient (Wildman–Crippen LogP) is 2.23. The molecule has 2 aromatic carbocycles. The molecule has 2 amide bonds. The van der Waals surface area contributed by atoms with Crippen LogP contribution in [0.5, 0.6) is 0 Å². The Labute approximate surface area is 139 Å². The lowest BCUT2D eigenvalue weighted by atomic mass is 10.0. The number of benzene rings is 2. The molecule has 2 rings (SSSR count). The Kier molecular flexibility index (Phi) is 5.65. The van der Waals surface area contributed by atoms with Gasteiger partial charge in [0.1, 0.15) is 5.82 Å². The normalized spacial score (nSPS) is 11.7. The van der Waals surface area contributed by atoms with E-state index in [1.54, 1.807) is 25.1 Å². The van der Waals surface area contributed by atoms with Crippen molar-refractivity contribution in [2.45, 2.75) is 20.0 Å². The Morgan fingerprint density at radius 2 is 1.83 bits per heavy atom. The quantitative estimate of drug-likeness (QED) is 0.752. The number of rotatable bonds is 4. The molecule has 0 heterocycles. The first kappa shape index (κ1) is 17.6. The van der Waals surface area contributed by atoms with Crippen LogP contribution in [0.3, 0.4) is 0 Å². The van der Waals surface area contributed by atoms with Crippen molar-refractivity contribution >= 4 is 17.5 Å². The first-order valence-electron chi connectivity index (χ1n) is 7.47. The van der Waals surface area contributed by atoms with Crippen molar-refractivity contribution in [3.63, 3.8) is 0 Å². The van der Waals surface area contributed by atoms with Crippen LogP contribution in [0.25, 0.3) is 0 Å². The van der Waals surface area contributed by atoms with E-state index in [-0.39, 0.29) is 12.2 Å². The molecule has 0 saturated heterocycles. The number of anilines is 1. The number of carbonyl (C=O) groups excluding carboxylic acids is 2. The molecule has 5 nitrogen and oxygen atoms in total. The number of amides is 2. The Hall–Kier alpha value is -2.73. The van der Waals surface area contributed by atoms with Crippen LogP contribution in [0.4, 0.5) is 10.1 Å². The number of nitrogens with one attached hydrogen (secondary N) is 2. The largest absolute Gasteiger partial charge is 0.387 e. The molecule has 1 unspecified atom stereocenters. The van der Waals surface area contributed by atoms with E-state index >= 15 is 0 Å². The average Bonchev–Trinajstić information content (AvgIpc) is 2.56. The Morgan fingerprint density at radius 3 is 2.54 bits per heavy atom. The maximum Gasteiger partial charge on any atom is 0.313 e. The zero-order chi connectivity index (χ0) is 17.7. The van der Waals surface area contributed by atoms with Gasteiger partial charge in [-0.2, -0.15) is 0 Å². The molecular formula is C18H19FN2O3. The van der Waals surface area contributed by atoms with Gasteiger partial charge in [-0.25, -0.2) is 4.39 Å². The van der Waals surface area contributed by atoms with E-state index < -0.39 is 23.7 Å². The van der Waals surface area contributed by atoms with Gasteiger partial charge in [0.25, 0.3) is 0 Å². The van der Waals surface area contributed by atoms with Crippen molar-refractivity contribution in [1.82, 2.24) is 5.32 Å². The van der Waals surface area contributed by atoms with E-state index in [4.69, 9.17) is 0 Å². The summed E-state index contributed by atoms with van der Waals surface area (Å²) in [6.07, 6.45) is -0.932. The topological polar surface area (TPSA) is 78.4 Å². The van der Waals surface area contributed by atoms with Crippen molar-refractivity contribution in [3.05, 3.63) is 65.0 Å². The van der Waals surface area contributed by atoms with Crippen LogP contribution in [0.2, 0.25) is 0 Å². The number of aliphatic hydroxyl groups is 1. The molecule has 3 N–H and O–H groups in total. The fourth-order valence-electron chi connectivity index (χ4n) is 2.25. The fourth-order valence-corrected chi connectivity index (χ4v) is 2.25. The smallest absolute Gasteiger partial charge is 0.313 e. The van der Waals surface area contributed by atoms with Gasteiger partial charge in [0.05, 0.1) is 11.8 Å².